The van der Waals surface area contributed by atoms with Crippen LogP contribution in [0.1, 0.15) is 24.2 Å². The third-order valence-electron chi connectivity index (χ3n) is 3.03. The van der Waals surface area contributed by atoms with Crippen molar-refractivity contribution >= 4 is 11.8 Å². The third-order valence-corrected chi connectivity index (χ3v) is 3.03. The van der Waals surface area contributed by atoms with Crippen LogP contribution in [0.4, 0.5) is 0 Å². The van der Waals surface area contributed by atoms with Crippen LogP contribution in [0.5, 0.6) is 5.75 Å². The van der Waals surface area contributed by atoms with Gasteiger partial charge in [-0.3, -0.25) is 9.59 Å². The van der Waals surface area contributed by atoms with Gasteiger partial charge in [0.05, 0.1) is 12.7 Å². The van der Waals surface area contributed by atoms with E-state index in [1.54, 1.807) is 24.3 Å². The monoisotopic (exact) mass is 293 g/mol. The van der Waals surface area contributed by atoms with E-state index in [0.29, 0.717) is 24.4 Å². The van der Waals surface area contributed by atoms with E-state index in [1.807, 2.05) is 13.8 Å². The first-order valence-corrected chi connectivity index (χ1v) is 6.93. The summed E-state index contributed by atoms with van der Waals surface area (Å²) in [4.78, 5) is 24.4. The normalized spacial score (nSPS) is 11.9. The minimum Gasteiger partial charge on any atom is -0.496 e. The van der Waals surface area contributed by atoms with Crippen molar-refractivity contribution in [3.8, 4) is 5.75 Å². The summed E-state index contributed by atoms with van der Waals surface area (Å²) in [6.45, 7) is 4.48. The van der Waals surface area contributed by atoms with Crippen molar-refractivity contribution in [3.05, 3.63) is 29.8 Å². The first-order chi connectivity index (χ1) is 10.0. The van der Waals surface area contributed by atoms with Crippen molar-refractivity contribution in [1.29, 1.82) is 0 Å². The van der Waals surface area contributed by atoms with Gasteiger partial charge in [-0.25, -0.2) is 0 Å². The van der Waals surface area contributed by atoms with Crippen LogP contribution in [0.25, 0.3) is 0 Å². The van der Waals surface area contributed by atoms with Gasteiger partial charge in [0.25, 0.3) is 5.91 Å². The molecule has 0 heterocycles. The van der Waals surface area contributed by atoms with Crippen molar-refractivity contribution in [2.24, 2.45) is 11.7 Å². The number of benzene rings is 1. The minimum absolute atomic E-state index is 0.0403. The van der Waals surface area contributed by atoms with E-state index >= 15 is 0 Å². The van der Waals surface area contributed by atoms with Gasteiger partial charge in [-0.05, 0) is 18.1 Å². The Morgan fingerprint density at radius 1 is 1.29 bits per heavy atom. The van der Waals surface area contributed by atoms with E-state index < -0.39 is 6.04 Å². The summed E-state index contributed by atoms with van der Waals surface area (Å²) in [5.74, 6) is -0.144. The lowest BCUT2D eigenvalue weighted by molar-refractivity contribution is -0.123. The fraction of sp³-hybridized carbons (Fsp3) is 0.467. The molecule has 0 aliphatic rings. The zero-order valence-electron chi connectivity index (χ0n) is 12.7. The van der Waals surface area contributed by atoms with Crippen LogP contribution < -0.4 is 21.1 Å². The number of carbonyl (C=O) groups excluding carboxylic acids is 2. The van der Waals surface area contributed by atoms with Crippen molar-refractivity contribution in [2.75, 3.05) is 20.2 Å². The number of hydrogen-bond donors (Lipinski definition) is 3. The van der Waals surface area contributed by atoms with Gasteiger partial charge in [0, 0.05) is 13.1 Å². The summed E-state index contributed by atoms with van der Waals surface area (Å²) in [5, 5.41) is 5.43. The second-order valence-electron chi connectivity index (χ2n) is 4.98. The van der Waals surface area contributed by atoms with Gasteiger partial charge in [0.1, 0.15) is 11.8 Å². The Morgan fingerprint density at radius 2 is 1.95 bits per heavy atom. The zero-order valence-corrected chi connectivity index (χ0v) is 12.7. The number of amides is 2. The summed E-state index contributed by atoms with van der Waals surface area (Å²) in [7, 11) is 1.50. The molecule has 2 amide bonds. The van der Waals surface area contributed by atoms with E-state index in [0.717, 1.165) is 0 Å². The molecule has 116 valence electrons. The number of nitrogens with one attached hydrogen (secondary N) is 2. The molecule has 0 aliphatic carbocycles. The SMILES string of the molecule is COc1ccccc1C(=O)NC(C(=O)NCCN)C(C)C. The van der Waals surface area contributed by atoms with E-state index in [4.69, 9.17) is 10.5 Å². The molecule has 0 bridgehead atoms. The van der Waals surface area contributed by atoms with Gasteiger partial charge in [-0.1, -0.05) is 26.0 Å². The standard InChI is InChI=1S/C15H23N3O3/c1-10(2)13(15(20)17-9-8-16)18-14(19)11-6-4-5-7-12(11)21-3/h4-7,10,13H,8-9,16H2,1-3H3,(H,17,20)(H,18,19). The van der Waals surface area contributed by atoms with Crippen LogP contribution in [0.15, 0.2) is 24.3 Å². The van der Waals surface area contributed by atoms with Crippen LogP contribution in [-0.2, 0) is 4.79 Å². The fourth-order valence-electron chi connectivity index (χ4n) is 1.89. The molecule has 1 unspecified atom stereocenters. The fourth-order valence-corrected chi connectivity index (χ4v) is 1.89. The number of nitrogens with two attached hydrogens (primary N) is 1. The minimum atomic E-state index is -0.617. The highest BCUT2D eigenvalue weighted by Gasteiger charge is 2.25. The Hall–Kier alpha value is -2.08. The maximum atomic E-state index is 12.3. The topological polar surface area (TPSA) is 93.4 Å². The number of ether oxygens (including phenoxy) is 1. The van der Waals surface area contributed by atoms with Gasteiger partial charge < -0.3 is 21.1 Å². The molecule has 0 saturated carbocycles. The zero-order chi connectivity index (χ0) is 15.8. The molecule has 1 rings (SSSR count). The van der Waals surface area contributed by atoms with Crippen molar-refractivity contribution in [2.45, 2.75) is 19.9 Å². The molecule has 6 nitrogen and oxygen atoms in total. The second-order valence-corrected chi connectivity index (χ2v) is 4.98. The van der Waals surface area contributed by atoms with E-state index in [-0.39, 0.29) is 17.7 Å². The highest BCUT2D eigenvalue weighted by Crippen LogP contribution is 2.17. The molecular weight excluding hydrogens is 270 g/mol. The van der Waals surface area contributed by atoms with Crippen molar-refractivity contribution in [1.82, 2.24) is 10.6 Å². The Labute approximate surface area is 125 Å². The molecule has 0 aliphatic heterocycles. The summed E-state index contributed by atoms with van der Waals surface area (Å²) in [5.41, 5.74) is 5.76. The molecule has 1 aromatic rings. The Bertz CT molecular complexity index is 489. The molecule has 0 spiro atoms. The lowest BCUT2D eigenvalue weighted by Crippen LogP contribution is -2.50. The molecule has 0 saturated heterocycles. The van der Waals surface area contributed by atoms with Crippen LogP contribution in [-0.4, -0.2) is 38.1 Å². The van der Waals surface area contributed by atoms with E-state index in [9.17, 15) is 9.59 Å². The number of methoxy groups -OCH3 is 1. The molecule has 6 heteroatoms. The molecule has 21 heavy (non-hydrogen) atoms. The molecule has 1 atom stereocenters. The predicted octanol–water partition coefficient (Wildman–Crippen LogP) is 0.525. The van der Waals surface area contributed by atoms with Crippen molar-refractivity contribution < 1.29 is 14.3 Å². The van der Waals surface area contributed by atoms with Crippen LogP contribution in [0, 0.1) is 5.92 Å². The summed E-state index contributed by atoms with van der Waals surface area (Å²) in [6, 6.07) is 6.27. The first-order valence-electron chi connectivity index (χ1n) is 6.93. The van der Waals surface area contributed by atoms with Gasteiger partial charge in [0.15, 0.2) is 0 Å². The molecule has 0 aromatic heterocycles. The van der Waals surface area contributed by atoms with E-state index in [2.05, 4.69) is 10.6 Å². The first kappa shape index (κ1) is 17.0. The quantitative estimate of drug-likeness (QED) is 0.683. The van der Waals surface area contributed by atoms with Crippen molar-refractivity contribution in [3.63, 3.8) is 0 Å². The number of para-hydroxylation sites is 1. The molecule has 0 radical (unpaired) electrons. The van der Waals surface area contributed by atoms with Crippen LogP contribution in [0.2, 0.25) is 0 Å². The molecule has 4 N–H and O–H groups in total. The summed E-state index contributed by atoms with van der Waals surface area (Å²) < 4.78 is 5.16. The number of carbonyl (C=O) groups is 2. The predicted molar refractivity (Wildman–Crippen MR) is 81.2 cm³/mol. The average molecular weight is 293 g/mol. The largest absolute Gasteiger partial charge is 0.496 e. The van der Waals surface area contributed by atoms with Gasteiger partial charge in [0.2, 0.25) is 5.91 Å². The Kier molecular flexibility index (Phi) is 6.68. The highest BCUT2D eigenvalue weighted by molar-refractivity contribution is 5.99. The highest BCUT2D eigenvalue weighted by atomic mass is 16.5. The molecular formula is C15H23N3O3. The lowest BCUT2D eigenvalue weighted by atomic mass is 10.0. The lowest BCUT2D eigenvalue weighted by Gasteiger charge is -2.22. The van der Waals surface area contributed by atoms with Gasteiger partial charge in [-0.15, -0.1) is 0 Å². The van der Waals surface area contributed by atoms with Crippen LogP contribution in [0.3, 0.4) is 0 Å². The number of hydrogen-bond acceptors (Lipinski definition) is 4. The average Bonchev–Trinajstić information content (AvgIpc) is 2.49. The Morgan fingerprint density at radius 3 is 2.52 bits per heavy atom. The third kappa shape index (κ3) is 4.75. The summed E-state index contributed by atoms with van der Waals surface area (Å²) >= 11 is 0. The van der Waals surface area contributed by atoms with Gasteiger partial charge in [-0.2, -0.15) is 0 Å². The molecule has 1 aromatic carbocycles. The summed E-state index contributed by atoms with van der Waals surface area (Å²) in [6.07, 6.45) is 0. The number of rotatable bonds is 7. The Balaban J connectivity index is 2.83. The molecule has 0 fully saturated rings. The van der Waals surface area contributed by atoms with E-state index in [1.165, 1.54) is 7.11 Å². The maximum absolute atomic E-state index is 12.3. The maximum Gasteiger partial charge on any atom is 0.255 e. The van der Waals surface area contributed by atoms with Crippen LogP contribution >= 0.6 is 0 Å². The second kappa shape index (κ2) is 8.26. The van der Waals surface area contributed by atoms with Gasteiger partial charge >= 0.3 is 0 Å². The smallest absolute Gasteiger partial charge is 0.255 e.